The molecule has 1 atom stereocenters. The number of halogens is 2. The van der Waals surface area contributed by atoms with Gasteiger partial charge in [-0.2, -0.15) is 4.98 Å². The van der Waals surface area contributed by atoms with Crippen LogP contribution in [0, 0.1) is 17.2 Å². The lowest BCUT2D eigenvalue weighted by atomic mass is 9.76. The van der Waals surface area contributed by atoms with Crippen molar-refractivity contribution < 1.29 is 23.8 Å². The van der Waals surface area contributed by atoms with E-state index in [1.54, 1.807) is 4.90 Å². The van der Waals surface area contributed by atoms with E-state index < -0.39 is 5.82 Å². The maximum absolute atomic E-state index is 14.3. The molecule has 2 aliphatic heterocycles. The molecular formula is C31H47ClFN7O4. The van der Waals surface area contributed by atoms with E-state index in [0.29, 0.717) is 24.3 Å². The van der Waals surface area contributed by atoms with Crippen molar-refractivity contribution in [2.75, 3.05) is 58.3 Å². The topological polar surface area (TPSA) is 115 Å². The molecule has 1 spiro atoms. The van der Waals surface area contributed by atoms with Crippen molar-refractivity contribution in [3.63, 3.8) is 0 Å². The van der Waals surface area contributed by atoms with Crippen LogP contribution >= 0.6 is 11.6 Å². The predicted molar refractivity (Wildman–Crippen MR) is 169 cm³/mol. The van der Waals surface area contributed by atoms with Crippen molar-refractivity contribution in [3.05, 3.63) is 34.9 Å². The number of ether oxygens (including phenoxy) is 1. The Morgan fingerprint density at radius 2 is 1.89 bits per heavy atom. The van der Waals surface area contributed by atoms with Crippen LogP contribution in [-0.4, -0.2) is 113 Å². The van der Waals surface area contributed by atoms with Crippen molar-refractivity contribution in [3.8, 4) is 11.6 Å². The standard InChI is InChI=1S/C30H45ClFN7O2.CH2O2/c1-8-39(21(4)5)28(40)23-16-22(32)11-12-25(23)41-27-26(33-29(31)35-34-27)37-15-13-30(17-37)18-38(19-30)24(20(2)3)10-9-14-36(6)7;2-1-3/h11-12,16,20-21,24H,8-10,13-15,17-19H2,1-7H3;1H,(H,2,3)/t24-;/m1./s1. The van der Waals surface area contributed by atoms with Gasteiger partial charge in [-0.15, -0.1) is 10.2 Å². The zero-order chi connectivity index (χ0) is 32.6. The van der Waals surface area contributed by atoms with Gasteiger partial charge in [-0.05, 0) is 96.4 Å². The number of aromatic nitrogens is 3. The number of carboxylic acid groups (broad SMARTS) is 1. The van der Waals surface area contributed by atoms with Gasteiger partial charge in [-0.1, -0.05) is 13.8 Å². The van der Waals surface area contributed by atoms with Crippen LogP contribution in [0.1, 0.15) is 64.2 Å². The number of benzene rings is 1. The van der Waals surface area contributed by atoms with Gasteiger partial charge in [0, 0.05) is 50.2 Å². The first-order valence-electron chi connectivity index (χ1n) is 15.2. The third-order valence-corrected chi connectivity index (χ3v) is 8.54. The van der Waals surface area contributed by atoms with Crippen LogP contribution in [-0.2, 0) is 4.79 Å². The third kappa shape index (κ3) is 8.76. The molecular weight excluding hydrogens is 589 g/mol. The average molecular weight is 636 g/mol. The highest BCUT2D eigenvalue weighted by molar-refractivity contribution is 6.28. The minimum absolute atomic E-state index is 0.0247. The van der Waals surface area contributed by atoms with Crippen LogP contribution in [0.4, 0.5) is 10.2 Å². The molecule has 0 unspecified atom stereocenters. The maximum Gasteiger partial charge on any atom is 0.290 e. The van der Waals surface area contributed by atoms with Gasteiger partial charge < -0.3 is 24.5 Å². The summed E-state index contributed by atoms with van der Waals surface area (Å²) in [6.45, 7) is 15.4. The average Bonchev–Trinajstić information content (AvgIpc) is 3.38. The summed E-state index contributed by atoms with van der Waals surface area (Å²) in [7, 11) is 4.26. The predicted octanol–water partition coefficient (Wildman–Crippen LogP) is 4.91. The second-order valence-electron chi connectivity index (χ2n) is 12.6. The first-order chi connectivity index (χ1) is 20.8. The van der Waals surface area contributed by atoms with E-state index in [4.69, 9.17) is 26.2 Å². The van der Waals surface area contributed by atoms with Gasteiger partial charge in [-0.25, -0.2) is 4.39 Å². The zero-order valence-corrected chi connectivity index (χ0v) is 27.7. The molecule has 0 radical (unpaired) electrons. The number of hydrogen-bond acceptors (Lipinski definition) is 9. The highest BCUT2D eigenvalue weighted by atomic mass is 35.5. The first-order valence-corrected chi connectivity index (χ1v) is 15.6. The van der Waals surface area contributed by atoms with Crippen LogP contribution in [0.3, 0.4) is 0 Å². The Kier molecular flexibility index (Phi) is 12.7. The second kappa shape index (κ2) is 15.8. The molecule has 2 aromatic rings. The summed E-state index contributed by atoms with van der Waals surface area (Å²) in [4.78, 5) is 34.9. The van der Waals surface area contributed by atoms with Gasteiger partial charge in [0.05, 0.1) is 5.56 Å². The SMILES string of the molecule is CCN(C(=O)c1cc(F)ccc1Oc1nnc(Cl)nc1N1CCC2(C1)CN([C@H](CCCN(C)C)C(C)C)C2)C(C)C.O=CO. The highest BCUT2D eigenvalue weighted by Gasteiger charge is 2.50. The van der Waals surface area contributed by atoms with Crippen LogP contribution in [0.25, 0.3) is 0 Å². The molecule has 1 N–H and O–H groups in total. The second-order valence-corrected chi connectivity index (χ2v) is 12.9. The number of hydrogen-bond donors (Lipinski definition) is 1. The van der Waals surface area contributed by atoms with E-state index in [2.05, 4.69) is 57.8 Å². The fourth-order valence-electron chi connectivity index (χ4n) is 6.30. The van der Waals surface area contributed by atoms with E-state index in [1.165, 1.54) is 31.0 Å². The fraction of sp³-hybridized carbons (Fsp3) is 0.645. The number of carbonyl (C=O) groups excluding carboxylic acids is 1. The van der Waals surface area contributed by atoms with E-state index in [9.17, 15) is 9.18 Å². The van der Waals surface area contributed by atoms with Crippen LogP contribution < -0.4 is 9.64 Å². The number of likely N-dealkylation sites (tertiary alicyclic amines) is 1. The fourth-order valence-corrected chi connectivity index (χ4v) is 6.42. The molecule has 2 saturated heterocycles. The van der Waals surface area contributed by atoms with Gasteiger partial charge in [0.15, 0.2) is 5.82 Å². The number of rotatable bonds is 12. The molecule has 1 amide bonds. The molecule has 2 aliphatic rings. The number of nitrogens with zero attached hydrogens (tertiary/aromatic N) is 7. The van der Waals surface area contributed by atoms with Crippen molar-refractivity contribution in [2.45, 2.75) is 66.0 Å². The van der Waals surface area contributed by atoms with Crippen LogP contribution in [0.5, 0.6) is 11.6 Å². The number of amides is 1. The summed E-state index contributed by atoms with van der Waals surface area (Å²) in [6, 6.07) is 4.45. The van der Waals surface area contributed by atoms with Gasteiger partial charge in [-0.3, -0.25) is 14.5 Å². The van der Waals surface area contributed by atoms with Crippen molar-refractivity contribution in [1.82, 2.24) is 29.9 Å². The molecule has 0 bridgehead atoms. The number of carbonyl (C=O) groups is 2. The van der Waals surface area contributed by atoms with Gasteiger partial charge in [0.2, 0.25) is 5.28 Å². The number of anilines is 1. The van der Waals surface area contributed by atoms with Gasteiger partial charge >= 0.3 is 0 Å². The van der Waals surface area contributed by atoms with E-state index in [0.717, 1.165) is 39.1 Å². The van der Waals surface area contributed by atoms with Crippen LogP contribution in [0.15, 0.2) is 18.2 Å². The minimum atomic E-state index is -0.515. The summed E-state index contributed by atoms with van der Waals surface area (Å²) in [6.07, 6.45) is 3.43. The lowest BCUT2D eigenvalue weighted by Crippen LogP contribution is -2.62. The summed E-state index contributed by atoms with van der Waals surface area (Å²) in [5.74, 6) is 0.623. The molecule has 11 nitrogen and oxygen atoms in total. The van der Waals surface area contributed by atoms with Crippen molar-refractivity contribution in [2.24, 2.45) is 11.3 Å². The van der Waals surface area contributed by atoms with E-state index >= 15 is 0 Å². The molecule has 0 aliphatic carbocycles. The quantitative estimate of drug-likeness (QED) is 0.323. The maximum atomic E-state index is 14.3. The Morgan fingerprint density at radius 3 is 2.48 bits per heavy atom. The lowest BCUT2D eigenvalue weighted by molar-refractivity contribution is -0.122. The molecule has 0 saturated carbocycles. The summed E-state index contributed by atoms with van der Waals surface area (Å²) in [5, 5.41) is 15.0. The Balaban J connectivity index is 0.00000169. The third-order valence-electron chi connectivity index (χ3n) is 8.37. The molecule has 244 valence electrons. The Labute approximate surface area is 265 Å². The largest absolute Gasteiger partial charge is 0.483 e. The van der Waals surface area contributed by atoms with Crippen LogP contribution in [0.2, 0.25) is 5.28 Å². The minimum Gasteiger partial charge on any atom is -0.483 e. The monoisotopic (exact) mass is 635 g/mol. The molecule has 3 heterocycles. The Hall–Kier alpha value is -3.09. The molecule has 44 heavy (non-hydrogen) atoms. The van der Waals surface area contributed by atoms with Gasteiger partial charge in [0.25, 0.3) is 18.3 Å². The summed E-state index contributed by atoms with van der Waals surface area (Å²) < 4.78 is 20.4. The molecule has 1 aromatic heterocycles. The summed E-state index contributed by atoms with van der Waals surface area (Å²) >= 11 is 6.20. The lowest BCUT2D eigenvalue weighted by Gasteiger charge is -2.53. The smallest absolute Gasteiger partial charge is 0.290 e. The zero-order valence-electron chi connectivity index (χ0n) is 27.0. The first kappa shape index (κ1) is 35.4. The Morgan fingerprint density at radius 1 is 1.20 bits per heavy atom. The van der Waals surface area contributed by atoms with E-state index in [-0.39, 0.29) is 46.3 Å². The highest BCUT2D eigenvalue weighted by Crippen LogP contribution is 2.45. The normalized spacial score (nSPS) is 16.6. The van der Waals surface area contributed by atoms with Crippen molar-refractivity contribution in [1.29, 1.82) is 0 Å². The Bertz CT molecular complexity index is 1260. The van der Waals surface area contributed by atoms with Crippen molar-refractivity contribution >= 4 is 29.8 Å². The molecule has 1 aromatic carbocycles. The molecule has 4 rings (SSSR count). The molecule has 2 fully saturated rings. The van der Waals surface area contributed by atoms with E-state index in [1.807, 2.05) is 20.8 Å². The molecule has 13 heteroatoms. The van der Waals surface area contributed by atoms with Gasteiger partial charge in [0.1, 0.15) is 11.6 Å². The summed E-state index contributed by atoms with van der Waals surface area (Å²) in [5.41, 5.74) is 0.309.